The van der Waals surface area contributed by atoms with Crippen LogP contribution in [0.3, 0.4) is 0 Å². The summed E-state index contributed by atoms with van der Waals surface area (Å²) in [6.45, 7) is 0.927. The normalized spacial score (nSPS) is 18.2. The summed E-state index contributed by atoms with van der Waals surface area (Å²) < 4.78 is 5.58. The number of aliphatic hydroxyl groups is 1. The number of benzene rings is 1. The van der Waals surface area contributed by atoms with E-state index < -0.39 is 6.10 Å². The number of aliphatic hydroxyl groups excluding tert-OH is 1. The summed E-state index contributed by atoms with van der Waals surface area (Å²) in [5, 5.41) is 10.7. The van der Waals surface area contributed by atoms with Crippen molar-refractivity contribution in [3.05, 3.63) is 29.3 Å². The van der Waals surface area contributed by atoms with Gasteiger partial charge >= 0.3 is 0 Å². The summed E-state index contributed by atoms with van der Waals surface area (Å²) in [6, 6.07) is 7.96. The van der Waals surface area contributed by atoms with Crippen molar-refractivity contribution in [3.63, 3.8) is 0 Å². The summed E-state index contributed by atoms with van der Waals surface area (Å²) in [5.41, 5.74) is 0. The molecule has 0 radical (unpaired) electrons. The van der Waals surface area contributed by atoms with E-state index in [1.165, 1.54) is 32.1 Å². The lowest BCUT2D eigenvalue weighted by molar-refractivity contribution is 0.0562. The number of likely N-dealkylation sites (N-methyl/N-ethyl adjacent to an activating group) is 1. The molecule has 1 N–H and O–H groups in total. The molecule has 0 heterocycles. The molecule has 1 fully saturated rings. The van der Waals surface area contributed by atoms with E-state index in [9.17, 15) is 5.11 Å². The highest BCUT2D eigenvalue weighted by molar-refractivity contribution is 6.32. The van der Waals surface area contributed by atoms with Crippen LogP contribution in [0.25, 0.3) is 0 Å². The van der Waals surface area contributed by atoms with Gasteiger partial charge in [-0.05, 0) is 32.0 Å². The molecule has 1 aromatic carbocycles. The van der Waals surface area contributed by atoms with Gasteiger partial charge in [0.05, 0.1) is 5.02 Å². The van der Waals surface area contributed by atoms with Gasteiger partial charge in [0.25, 0.3) is 0 Å². The molecule has 2 rings (SSSR count). The molecule has 1 unspecified atom stereocenters. The maximum atomic E-state index is 10.1. The molecule has 112 valence electrons. The van der Waals surface area contributed by atoms with E-state index in [4.69, 9.17) is 16.3 Å². The Labute approximate surface area is 126 Å². The third kappa shape index (κ3) is 4.65. The van der Waals surface area contributed by atoms with Crippen molar-refractivity contribution in [3.8, 4) is 5.75 Å². The molecule has 0 saturated heterocycles. The highest BCUT2D eigenvalue weighted by Crippen LogP contribution is 2.24. The van der Waals surface area contributed by atoms with Gasteiger partial charge in [-0.1, -0.05) is 43.0 Å². The molecule has 0 aromatic heterocycles. The molecule has 1 aromatic rings. The van der Waals surface area contributed by atoms with E-state index in [0.29, 0.717) is 23.4 Å². The van der Waals surface area contributed by atoms with Crippen molar-refractivity contribution in [1.29, 1.82) is 0 Å². The number of ether oxygens (including phenoxy) is 1. The smallest absolute Gasteiger partial charge is 0.138 e. The molecule has 0 bridgehead atoms. The van der Waals surface area contributed by atoms with E-state index >= 15 is 0 Å². The van der Waals surface area contributed by atoms with E-state index in [1.807, 2.05) is 18.2 Å². The lowest BCUT2D eigenvalue weighted by Gasteiger charge is -2.32. The zero-order valence-corrected chi connectivity index (χ0v) is 12.9. The maximum Gasteiger partial charge on any atom is 0.138 e. The van der Waals surface area contributed by atoms with Gasteiger partial charge in [0.15, 0.2) is 0 Å². The van der Waals surface area contributed by atoms with Gasteiger partial charge in [0.1, 0.15) is 18.5 Å². The molecule has 0 amide bonds. The Kier molecular flexibility index (Phi) is 6.14. The molecule has 3 nitrogen and oxygen atoms in total. The Hall–Kier alpha value is -0.770. The molecule has 1 aliphatic carbocycles. The third-order valence-corrected chi connectivity index (χ3v) is 4.28. The van der Waals surface area contributed by atoms with Crippen molar-refractivity contribution >= 4 is 11.6 Å². The highest BCUT2D eigenvalue weighted by Gasteiger charge is 2.20. The van der Waals surface area contributed by atoms with Crippen LogP contribution in [0, 0.1) is 0 Å². The Morgan fingerprint density at radius 3 is 2.70 bits per heavy atom. The lowest BCUT2D eigenvalue weighted by Crippen LogP contribution is -2.40. The summed E-state index contributed by atoms with van der Waals surface area (Å²) in [6.07, 6.45) is 5.96. The summed E-state index contributed by atoms with van der Waals surface area (Å²) >= 11 is 6.02. The lowest BCUT2D eigenvalue weighted by atomic mass is 9.94. The maximum absolute atomic E-state index is 10.1. The topological polar surface area (TPSA) is 32.7 Å². The van der Waals surface area contributed by atoms with Gasteiger partial charge in [0, 0.05) is 12.6 Å². The standard InChI is InChI=1S/C16H24ClNO2/c1-18(13-7-3-2-4-8-13)11-14(19)12-20-16-10-6-5-9-15(16)17/h5-6,9-10,13-14,19H,2-4,7-8,11-12H2,1H3. The van der Waals surface area contributed by atoms with Crippen LogP contribution >= 0.6 is 11.6 Å². The second-order valence-corrected chi connectivity index (χ2v) is 6.03. The van der Waals surface area contributed by atoms with Gasteiger partial charge in [-0.2, -0.15) is 0 Å². The second kappa shape index (κ2) is 7.87. The Morgan fingerprint density at radius 2 is 2.00 bits per heavy atom. The molecule has 0 aliphatic heterocycles. The zero-order valence-electron chi connectivity index (χ0n) is 12.1. The van der Waals surface area contributed by atoms with Crippen LogP contribution < -0.4 is 4.74 Å². The molecule has 1 atom stereocenters. The van der Waals surface area contributed by atoms with Crippen molar-refractivity contribution < 1.29 is 9.84 Å². The Bertz CT molecular complexity index is 407. The first-order valence-electron chi connectivity index (χ1n) is 7.42. The third-order valence-electron chi connectivity index (χ3n) is 3.96. The average Bonchev–Trinajstić information content (AvgIpc) is 2.47. The van der Waals surface area contributed by atoms with E-state index in [1.54, 1.807) is 6.07 Å². The molecule has 1 aliphatic rings. The number of nitrogens with zero attached hydrogens (tertiary/aromatic N) is 1. The predicted molar refractivity (Wildman–Crippen MR) is 82.5 cm³/mol. The quantitative estimate of drug-likeness (QED) is 0.874. The fourth-order valence-electron chi connectivity index (χ4n) is 2.80. The van der Waals surface area contributed by atoms with Crippen LogP contribution in [0.5, 0.6) is 5.75 Å². The fraction of sp³-hybridized carbons (Fsp3) is 0.625. The molecule has 1 saturated carbocycles. The van der Waals surface area contributed by atoms with Gasteiger partial charge in [0.2, 0.25) is 0 Å². The Balaban J connectivity index is 1.74. The minimum atomic E-state index is -0.488. The fourth-order valence-corrected chi connectivity index (χ4v) is 2.99. The van der Waals surface area contributed by atoms with Crippen LogP contribution in [-0.4, -0.2) is 42.4 Å². The van der Waals surface area contributed by atoms with Crippen LogP contribution in [0.2, 0.25) is 5.02 Å². The first kappa shape index (κ1) is 15.6. The van der Waals surface area contributed by atoms with E-state index in [-0.39, 0.29) is 6.61 Å². The van der Waals surface area contributed by atoms with Gasteiger partial charge in [-0.15, -0.1) is 0 Å². The Morgan fingerprint density at radius 1 is 1.30 bits per heavy atom. The van der Waals surface area contributed by atoms with Crippen molar-refractivity contribution in [2.75, 3.05) is 20.2 Å². The molecule has 0 spiro atoms. The first-order chi connectivity index (χ1) is 9.66. The molecular formula is C16H24ClNO2. The van der Waals surface area contributed by atoms with Crippen LogP contribution in [0.4, 0.5) is 0 Å². The number of halogens is 1. The van der Waals surface area contributed by atoms with Crippen molar-refractivity contribution in [2.45, 2.75) is 44.2 Å². The minimum Gasteiger partial charge on any atom is -0.489 e. The summed E-state index contributed by atoms with van der Waals surface area (Å²) in [4.78, 5) is 2.26. The largest absolute Gasteiger partial charge is 0.489 e. The summed E-state index contributed by atoms with van der Waals surface area (Å²) in [7, 11) is 2.09. The van der Waals surface area contributed by atoms with Crippen molar-refractivity contribution in [2.24, 2.45) is 0 Å². The van der Waals surface area contributed by atoms with Crippen LogP contribution in [-0.2, 0) is 0 Å². The molecule has 20 heavy (non-hydrogen) atoms. The monoisotopic (exact) mass is 297 g/mol. The highest BCUT2D eigenvalue weighted by atomic mass is 35.5. The van der Waals surface area contributed by atoms with Crippen LogP contribution in [0.15, 0.2) is 24.3 Å². The van der Waals surface area contributed by atoms with E-state index in [2.05, 4.69) is 11.9 Å². The summed E-state index contributed by atoms with van der Waals surface area (Å²) in [5.74, 6) is 0.633. The second-order valence-electron chi connectivity index (χ2n) is 5.63. The van der Waals surface area contributed by atoms with Gasteiger partial charge < -0.3 is 14.7 Å². The molecule has 4 heteroatoms. The van der Waals surface area contributed by atoms with Crippen LogP contribution in [0.1, 0.15) is 32.1 Å². The van der Waals surface area contributed by atoms with Gasteiger partial charge in [-0.25, -0.2) is 0 Å². The minimum absolute atomic E-state index is 0.279. The SMILES string of the molecule is CN(CC(O)COc1ccccc1Cl)C1CCCCC1. The molecular weight excluding hydrogens is 274 g/mol. The van der Waals surface area contributed by atoms with Gasteiger partial charge in [-0.3, -0.25) is 0 Å². The number of hydrogen-bond acceptors (Lipinski definition) is 3. The predicted octanol–water partition coefficient (Wildman–Crippen LogP) is 3.34. The number of para-hydroxylation sites is 1. The van der Waals surface area contributed by atoms with Crippen molar-refractivity contribution in [1.82, 2.24) is 4.90 Å². The number of rotatable bonds is 6. The number of hydrogen-bond donors (Lipinski definition) is 1. The first-order valence-corrected chi connectivity index (χ1v) is 7.80. The zero-order chi connectivity index (χ0) is 14.4. The average molecular weight is 298 g/mol. The van der Waals surface area contributed by atoms with E-state index in [0.717, 1.165) is 0 Å².